The normalized spacial score (nSPS) is 35.3. The molecule has 0 radical (unpaired) electrons. The Morgan fingerprint density at radius 3 is 2.67 bits per heavy atom. The van der Waals surface area contributed by atoms with Gasteiger partial charge in [-0.2, -0.15) is 0 Å². The number of hydrogen-bond acceptors (Lipinski definition) is 1. The molecule has 0 aromatic heterocycles. The van der Waals surface area contributed by atoms with Crippen molar-refractivity contribution in [3.8, 4) is 0 Å². The summed E-state index contributed by atoms with van der Waals surface area (Å²) in [7, 11) is 0. The minimum atomic E-state index is 0.529. The fourth-order valence-corrected chi connectivity index (χ4v) is 1.42. The molecule has 2 atom stereocenters. The summed E-state index contributed by atoms with van der Waals surface area (Å²) in [5.41, 5.74) is 0. The molecule has 9 heavy (non-hydrogen) atoms. The molecule has 54 valence electrons. The van der Waals surface area contributed by atoms with E-state index in [1.165, 1.54) is 25.7 Å². The largest absolute Gasteiger partial charge is 0.375 e. The molecular weight excluding hydrogens is 112 g/mol. The van der Waals surface area contributed by atoms with Crippen molar-refractivity contribution in [2.24, 2.45) is 0 Å². The monoisotopic (exact) mass is 128 g/mol. The van der Waals surface area contributed by atoms with Crippen LogP contribution in [-0.4, -0.2) is 12.2 Å². The highest BCUT2D eigenvalue weighted by atomic mass is 16.5. The highest BCUT2D eigenvalue weighted by Gasteiger charge is 2.19. The zero-order chi connectivity index (χ0) is 6.69. The van der Waals surface area contributed by atoms with Crippen molar-refractivity contribution in [1.29, 1.82) is 0 Å². The summed E-state index contributed by atoms with van der Waals surface area (Å²) in [4.78, 5) is 0. The Labute approximate surface area is 57.4 Å². The van der Waals surface area contributed by atoms with E-state index in [2.05, 4.69) is 13.8 Å². The van der Waals surface area contributed by atoms with E-state index in [1.54, 1.807) is 0 Å². The van der Waals surface area contributed by atoms with Crippen LogP contribution in [0.3, 0.4) is 0 Å². The van der Waals surface area contributed by atoms with E-state index in [9.17, 15) is 0 Å². The first kappa shape index (κ1) is 7.07. The molecule has 1 fully saturated rings. The van der Waals surface area contributed by atoms with Gasteiger partial charge in [0.05, 0.1) is 12.2 Å². The van der Waals surface area contributed by atoms with E-state index in [0.717, 1.165) is 0 Å². The fraction of sp³-hybridized carbons (Fsp3) is 1.00. The Morgan fingerprint density at radius 1 is 1.44 bits per heavy atom. The quantitative estimate of drug-likeness (QED) is 0.554. The number of rotatable bonds is 2. The van der Waals surface area contributed by atoms with Crippen LogP contribution in [0.15, 0.2) is 0 Å². The van der Waals surface area contributed by atoms with E-state index < -0.39 is 0 Å². The lowest BCUT2D eigenvalue weighted by atomic mass is 10.1. The van der Waals surface area contributed by atoms with E-state index >= 15 is 0 Å². The first-order valence-electron chi connectivity index (χ1n) is 3.98. The van der Waals surface area contributed by atoms with Gasteiger partial charge in [-0.25, -0.2) is 0 Å². The average molecular weight is 128 g/mol. The molecule has 0 aromatic carbocycles. The van der Waals surface area contributed by atoms with Gasteiger partial charge in [-0.1, -0.05) is 13.3 Å². The first-order valence-corrected chi connectivity index (χ1v) is 3.98. The van der Waals surface area contributed by atoms with Gasteiger partial charge in [0.25, 0.3) is 0 Å². The van der Waals surface area contributed by atoms with Gasteiger partial charge >= 0.3 is 0 Å². The van der Waals surface area contributed by atoms with Crippen LogP contribution in [0, 0.1) is 0 Å². The maximum Gasteiger partial charge on any atom is 0.0579 e. The summed E-state index contributed by atoms with van der Waals surface area (Å²) in [5, 5.41) is 0. The molecule has 1 nitrogen and oxygen atoms in total. The molecule has 0 N–H and O–H groups in total. The van der Waals surface area contributed by atoms with Crippen molar-refractivity contribution >= 4 is 0 Å². The van der Waals surface area contributed by atoms with Crippen molar-refractivity contribution in [1.82, 2.24) is 0 Å². The molecule has 0 bridgehead atoms. The van der Waals surface area contributed by atoms with Crippen molar-refractivity contribution in [3.63, 3.8) is 0 Å². The molecule has 0 aromatic rings. The number of hydrogen-bond donors (Lipinski definition) is 0. The Kier molecular flexibility index (Phi) is 2.52. The van der Waals surface area contributed by atoms with Gasteiger partial charge in [-0.3, -0.25) is 0 Å². The molecule has 0 amide bonds. The van der Waals surface area contributed by atoms with Crippen LogP contribution in [0.1, 0.15) is 39.5 Å². The van der Waals surface area contributed by atoms with Crippen LogP contribution < -0.4 is 0 Å². The van der Waals surface area contributed by atoms with E-state index in [1.807, 2.05) is 0 Å². The van der Waals surface area contributed by atoms with Gasteiger partial charge in [0.1, 0.15) is 0 Å². The minimum Gasteiger partial charge on any atom is -0.375 e. The lowest BCUT2D eigenvalue weighted by Gasteiger charge is -2.07. The zero-order valence-electron chi connectivity index (χ0n) is 6.39. The topological polar surface area (TPSA) is 9.23 Å². The second-order valence-electron chi connectivity index (χ2n) is 2.93. The van der Waals surface area contributed by atoms with Gasteiger partial charge in [0.15, 0.2) is 0 Å². The van der Waals surface area contributed by atoms with Gasteiger partial charge < -0.3 is 4.74 Å². The fourth-order valence-electron chi connectivity index (χ4n) is 1.42. The molecule has 0 unspecified atom stereocenters. The zero-order valence-corrected chi connectivity index (χ0v) is 6.39. The van der Waals surface area contributed by atoms with Crippen molar-refractivity contribution in [2.75, 3.05) is 0 Å². The Hall–Kier alpha value is -0.0400. The standard InChI is InChI=1S/C8H16O/c1-3-4-8-6-5-7(2)9-8/h7-8H,3-6H2,1-2H3/t7-,8-/m1/s1. The predicted octanol–water partition coefficient (Wildman–Crippen LogP) is 2.35. The summed E-state index contributed by atoms with van der Waals surface area (Å²) in [6.07, 6.45) is 6.19. The highest BCUT2D eigenvalue weighted by Crippen LogP contribution is 2.21. The van der Waals surface area contributed by atoms with Gasteiger partial charge in [0.2, 0.25) is 0 Å². The third-order valence-corrected chi connectivity index (χ3v) is 1.93. The molecule has 0 saturated carbocycles. The highest BCUT2D eigenvalue weighted by molar-refractivity contribution is 4.69. The van der Waals surface area contributed by atoms with Gasteiger partial charge in [0, 0.05) is 0 Å². The van der Waals surface area contributed by atoms with Crippen molar-refractivity contribution < 1.29 is 4.74 Å². The van der Waals surface area contributed by atoms with Crippen LogP contribution in [0.2, 0.25) is 0 Å². The van der Waals surface area contributed by atoms with Crippen molar-refractivity contribution in [2.45, 2.75) is 51.7 Å². The molecule has 0 spiro atoms. The van der Waals surface area contributed by atoms with Crippen LogP contribution in [-0.2, 0) is 4.74 Å². The predicted molar refractivity (Wildman–Crippen MR) is 38.5 cm³/mol. The molecule has 1 rings (SSSR count). The van der Waals surface area contributed by atoms with Crippen LogP contribution in [0.25, 0.3) is 0 Å². The summed E-state index contributed by atoms with van der Waals surface area (Å²) >= 11 is 0. The van der Waals surface area contributed by atoms with Crippen LogP contribution in [0.5, 0.6) is 0 Å². The van der Waals surface area contributed by atoms with Gasteiger partial charge in [-0.05, 0) is 26.2 Å². The number of ether oxygens (including phenoxy) is 1. The Bertz CT molecular complexity index is 78.6. The van der Waals surface area contributed by atoms with Crippen molar-refractivity contribution in [3.05, 3.63) is 0 Å². The molecule has 1 aliphatic rings. The van der Waals surface area contributed by atoms with E-state index in [-0.39, 0.29) is 0 Å². The first-order chi connectivity index (χ1) is 4.33. The lowest BCUT2D eigenvalue weighted by molar-refractivity contribution is 0.0506. The lowest BCUT2D eigenvalue weighted by Crippen LogP contribution is -2.06. The summed E-state index contributed by atoms with van der Waals surface area (Å²) < 4.78 is 5.60. The Balaban J connectivity index is 2.14. The summed E-state index contributed by atoms with van der Waals surface area (Å²) in [5.74, 6) is 0. The maximum absolute atomic E-state index is 5.60. The molecule has 1 heterocycles. The average Bonchev–Trinajstić information content (AvgIpc) is 2.17. The molecule has 1 aliphatic heterocycles. The molecule has 1 heteroatoms. The second kappa shape index (κ2) is 3.21. The second-order valence-corrected chi connectivity index (χ2v) is 2.93. The maximum atomic E-state index is 5.60. The van der Waals surface area contributed by atoms with Crippen LogP contribution in [0.4, 0.5) is 0 Å². The molecular formula is C8H16O. The third-order valence-electron chi connectivity index (χ3n) is 1.93. The smallest absolute Gasteiger partial charge is 0.0579 e. The molecule has 1 saturated heterocycles. The van der Waals surface area contributed by atoms with E-state index in [4.69, 9.17) is 4.74 Å². The summed E-state index contributed by atoms with van der Waals surface area (Å²) in [6, 6.07) is 0. The summed E-state index contributed by atoms with van der Waals surface area (Å²) in [6.45, 7) is 4.38. The molecule has 0 aliphatic carbocycles. The van der Waals surface area contributed by atoms with E-state index in [0.29, 0.717) is 12.2 Å². The Morgan fingerprint density at radius 2 is 2.22 bits per heavy atom. The third kappa shape index (κ3) is 1.98. The SMILES string of the molecule is CCC[C@@H]1CC[C@@H](C)O1. The van der Waals surface area contributed by atoms with Gasteiger partial charge in [-0.15, -0.1) is 0 Å². The minimum absolute atomic E-state index is 0.529. The van der Waals surface area contributed by atoms with Crippen LogP contribution >= 0.6 is 0 Å².